The first-order chi connectivity index (χ1) is 14.6. The highest BCUT2D eigenvalue weighted by Gasteiger charge is 2.51. The number of carbonyl (C=O) groups is 1. The highest BCUT2D eigenvalue weighted by atomic mass is 19.4. The monoisotopic (exact) mass is 437 g/mol. The van der Waals surface area contributed by atoms with Crippen LogP contribution in [-0.2, 0) is 23.9 Å². The molecule has 172 valence electrons. The Kier molecular flexibility index (Phi) is 6.10. The molecule has 4 rings (SSSR count). The second-order valence-corrected chi connectivity index (χ2v) is 10.3. The lowest BCUT2D eigenvalue weighted by molar-refractivity contribution is -0.146. The minimum Gasteiger partial charge on any atom is -0.337 e. The number of amides is 1. The van der Waals surface area contributed by atoms with Crippen LogP contribution in [0.1, 0.15) is 69.7 Å². The van der Waals surface area contributed by atoms with Crippen molar-refractivity contribution in [3.05, 3.63) is 29.1 Å². The number of hydrogen-bond donors (Lipinski definition) is 0. The summed E-state index contributed by atoms with van der Waals surface area (Å²) in [6.45, 7) is 9.53. The topological polar surface area (TPSA) is 36.4 Å². The molecule has 1 amide bonds. The summed E-state index contributed by atoms with van der Waals surface area (Å²) in [5, 5.41) is 0. The van der Waals surface area contributed by atoms with Crippen molar-refractivity contribution >= 4 is 5.91 Å². The number of likely N-dealkylation sites (tertiary alicyclic amines) is 1. The summed E-state index contributed by atoms with van der Waals surface area (Å²) < 4.78 is 39.4. The third-order valence-electron chi connectivity index (χ3n) is 7.91. The number of alkyl halides is 3. The van der Waals surface area contributed by atoms with Crippen molar-refractivity contribution < 1.29 is 18.0 Å². The van der Waals surface area contributed by atoms with Crippen LogP contribution in [0.5, 0.6) is 0 Å². The lowest BCUT2D eigenvalue weighted by atomic mass is 9.73. The van der Waals surface area contributed by atoms with Crippen LogP contribution in [0.15, 0.2) is 12.3 Å². The van der Waals surface area contributed by atoms with E-state index in [1.807, 2.05) is 0 Å². The molecule has 3 aliphatic rings. The molecule has 0 radical (unpaired) electrons. The van der Waals surface area contributed by atoms with E-state index in [-0.39, 0.29) is 18.4 Å². The van der Waals surface area contributed by atoms with Crippen LogP contribution < -0.4 is 0 Å². The van der Waals surface area contributed by atoms with Crippen molar-refractivity contribution in [3.63, 3.8) is 0 Å². The van der Waals surface area contributed by atoms with Gasteiger partial charge >= 0.3 is 6.18 Å². The minimum atomic E-state index is -4.42. The molecule has 2 aliphatic heterocycles. The molecule has 1 aliphatic carbocycles. The van der Waals surface area contributed by atoms with E-state index in [1.165, 1.54) is 18.9 Å². The fourth-order valence-corrected chi connectivity index (χ4v) is 5.95. The quantitative estimate of drug-likeness (QED) is 0.674. The summed E-state index contributed by atoms with van der Waals surface area (Å²) in [7, 11) is 0. The third-order valence-corrected chi connectivity index (χ3v) is 7.91. The van der Waals surface area contributed by atoms with Gasteiger partial charge < -0.3 is 9.80 Å². The molecule has 1 aromatic heterocycles. The fourth-order valence-electron chi connectivity index (χ4n) is 5.95. The van der Waals surface area contributed by atoms with Crippen molar-refractivity contribution in [1.82, 2.24) is 14.8 Å². The predicted octanol–water partition coefficient (Wildman–Crippen LogP) is 4.91. The first-order valence-corrected chi connectivity index (χ1v) is 11.7. The van der Waals surface area contributed by atoms with E-state index in [4.69, 9.17) is 0 Å². The average molecular weight is 438 g/mol. The summed E-state index contributed by atoms with van der Waals surface area (Å²) in [5.41, 5.74) is 0.0621. The van der Waals surface area contributed by atoms with Crippen LogP contribution in [0.3, 0.4) is 0 Å². The molecule has 1 aromatic rings. The number of piperidine rings is 1. The molecule has 3 heterocycles. The van der Waals surface area contributed by atoms with Crippen molar-refractivity contribution in [2.75, 3.05) is 19.6 Å². The average Bonchev–Trinajstić information content (AvgIpc) is 3.19. The number of pyridine rings is 1. The summed E-state index contributed by atoms with van der Waals surface area (Å²) in [4.78, 5) is 22.2. The first kappa shape index (κ1) is 22.6. The molecule has 2 fully saturated rings. The lowest BCUT2D eigenvalue weighted by Gasteiger charge is -2.41. The zero-order valence-corrected chi connectivity index (χ0v) is 18.8. The highest BCUT2D eigenvalue weighted by Crippen LogP contribution is 2.48. The molecule has 1 saturated heterocycles. The van der Waals surface area contributed by atoms with Gasteiger partial charge in [-0.2, -0.15) is 13.2 Å². The SMILES string of the molecule is CC1CCCN(C2CCC(C(=O)N3CCc4ncc(C(F)(F)F)cc4C3)(C(C)C)C2)C1. The number of hydrogen-bond acceptors (Lipinski definition) is 3. The standard InChI is InChI=1S/C24H34F3N3O/c1-16(2)23(8-6-20(12-23)29-9-4-5-17(3)14-29)22(31)30-10-7-21-18(15-30)11-19(13-28-21)24(25,26)27/h11,13,16-17,20H,4-10,12,14-15H2,1-3H3. The number of fused-ring (bicyclic) bond motifs is 1. The van der Waals surface area contributed by atoms with E-state index in [9.17, 15) is 18.0 Å². The number of aromatic nitrogens is 1. The van der Waals surface area contributed by atoms with Gasteiger partial charge in [0, 0.05) is 44.0 Å². The van der Waals surface area contributed by atoms with Crippen molar-refractivity contribution in [3.8, 4) is 0 Å². The number of carbonyl (C=O) groups excluding carboxylic acids is 1. The largest absolute Gasteiger partial charge is 0.417 e. The van der Waals surface area contributed by atoms with Gasteiger partial charge in [-0.1, -0.05) is 20.8 Å². The van der Waals surface area contributed by atoms with Crippen molar-refractivity contribution in [2.45, 2.75) is 78.1 Å². The van der Waals surface area contributed by atoms with Gasteiger partial charge in [0.05, 0.1) is 11.0 Å². The van der Waals surface area contributed by atoms with Gasteiger partial charge in [0.2, 0.25) is 5.91 Å². The minimum absolute atomic E-state index is 0.123. The number of halogens is 3. The van der Waals surface area contributed by atoms with Gasteiger partial charge in [-0.25, -0.2) is 0 Å². The Bertz CT molecular complexity index is 825. The first-order valence-electron chi connectivity index (χ1n) is 11.7. The van der Waals surface area contributed by atoms with Gasteiger partial charge in [-0.05, 0) is 62.1 Å². The highest BCUT2D eigenvalue weighted by molar-refractivity contribution is 5.83. The smallest absolute Gasteiger partial charge is 0.337 e. The van der Waals surface area contributed by atoms with E-state index in [0.29, 0.717) is 36.2 Å². The Morgan fingerprint density at radius 3 is 2.71 bits per heavy atom. The Morgan fingerprint density at radius 2 is 2.03 bits per heavy atom. The molecular formula is C24H34F3N3O. The van der Waals surface area contributed by atoms with Crippen molar-refractivity contribution in [1.29, 1.82) is 0 Å². The van der Waals surface area contributed by atoms with Crippen LogP contribution in [0.25, 0.3) is 0 Å². The normalized spacial score (nSPS) is 30.0. The molecule has 31 heavy (non-hydrogen) atoms. The molecule has 0 spiro atoms. The summed E-state index contributed by atoms with van der Waals surface area (Å²) in [5.74, 6) is 1.03. The van der Waals surface area contributed by atoms with Crippen LogP contribution in [-0.4, -0.2) is 46.4 Å². The summed E-state index contributed by atoms with van der Waals surface area (Å²) in [6, 6.07) is 1.61. The molecule has 4 nitrogen and oxygen atoms in total. The maximum absolute atomic E-state index is 13.8. The fraction of sp³-hybridized carbons (Fsp3) is 0.750. The second-order valence-electron chi connectivity index (χ2n) is 10.3. The Labute approximate surface area is 183 Å². The van der Waals surface area contributed by atoms with Crippen LogP contribution in [0, 0.1) is 17.3 Å². The third kappa shape index (κ3) is 4.35. The summed E-state index contributed by atoms with van der Waals surface area (Å²) >= 11 is 0. The Balaban J connectivity index is 1.52. The molecule has 0 N–H and O–H groups in total. The van der Waals surface area contributed by atoms with E-state index in [0.717, 1.165) is 38.5 Å². The van der Waals surface area contributed by atoms with E-state index >= 15 is 0 Å². The van der Waals surface area contributed by atoms with E-state index in [1.54, 1.807) is 4.90 Å². The van der Waals surface area contributed by atoms with Crippen LogP contribution in [0.2, 0.25) is 0 Å². The zero-order valence-electron chi connectivity index (χ0n) is 18.8. The second kappa shape index (κ2) is 8.38. The predicted molar refractivity (Wildman–Crippen MR) is 113 cm³/mol. The van der Waals surface area contributed by atoms with Crippen LogP contribution >= 0.6 is 0 Å². The van der Waals surface area contributed by atoms with E-state index in [2.05, 4.69) is 30.7 Å². The molecule has 0 bridgehead atoms. The van der Waals surface area contributed by atoms with Gasteiger partial charge in [-0.15, -0.1) is 0 Å². The van der Waals surface area contributed by atoms with E-state index < -0.39 is 17.2 Å². The van der Waals surface area contributed by atoms with Gasteiger partial charge in [0.1, 0.15) is 0 Å². The van der Waals surface area contributed by atoms with Gasteiger partial charge in [-0.3, -0.25) is 9.78 Å². The molecule has 7 heteroatoms. The maximum Gasteiger partial charge on any atom is 0.417 e. The lowest BCUT2D eigenvalue weighted by Crippen LogP contribution is -2.49. The number of rotatable bonds is 3. The van der Waals surface area contributed by atoms with Crippen molar-refractivity contribution in [2.24, 2.45) is 17.3 Å². The van der Waals surface area contributed by atoms with Gasteiger partial charge in [0.25, 0.3) is 0 Å². The Morgan fingerprint density at radius 1 is 1.26 bits per heavy atom. The molecular weight excluding hydrogens is 403 g/mol. The van der Waals surface area contributed by atoms with Gasteiger partial charge in [0.15, 0.2) is 0 Å². The molecule has 1 saturated carbocycles. The zero-order chi connectivity index (χ0) is 22.4. The van der Waals surface area contributed by atoms with Crippen LogP contribution in [0.4, 0.5) is 13.2 Å². The molecule has 3 atom stereocenters. The number of nitrogens with zero attached hydrogens (tertiary/aromatic N) is 3. The molecule has 3 unspecified atom stereocenters. The maximum atomic E-state index is 13.8. The molecule has 0 aromatic carbocycles. The summed E-state index contributed by atoms with van der Waals surface area (Å²) in [6.07, 6.45) is 2.26. The Hall–Kier alpha value is -1.63.